The summed E-state index contributed by atoms with van der Waals surface area (Å²) in [5.41, 5.74) is -0.199. The van der Waals surface area contributed by atoms with E-state index in [9.17, 15) is 18.7 Å². The van der Waals surface area contributed by atoms with Gasteiger partial charge in [-0.3, -0.25) is 9.78 Å². The monoisotopic (exact) mass is 436 g/mol. The molecule has 1 unspecified atom stereocenters. The average molecular weight is 436 g/mol. The SMILES string of the molecule is O=C(C=Cc1cnc2ccccc2n1)NCC(O)(Cn1cncn1)c1ccc(F)cc1F. The van der Waals surface area contributed by atoms with Crippen molar-refractivity contribution in [3.05, 3.63) is 90.3 Å². The van der Waals surface area contributed by atoms with Crippen molar-refractivity contribution in [3.8, 4) is 0 Å². The first-order valence-corrected chi connectivity index (χ1v) is 9.61. The lowest BCUT2D eigenvalue weighted by atomic mass is 9.92. The van der Waals surface area contributed by atoms with Gasteiger partial charge in [0.2, 0.25) is 5.91 Å². The largest absolute Gasteiger partial charge is 0.381 e. The predicted octanol–water partition coefficient (Wildman–Crippen LogP) is 2.22. The number of fused-ring (bicyclic) bond motifs is 1. The maximum absolute atomic E-state index is 14.4. The van der Waals surface area contributed by atoms with E-state index in [1.807, 2.05) is 18.2 Å². The molecule has 2 aromatic carbocycles. The second kappa shape index (κ2) is 8.98. The Labute approximate surface area is 181 Å². The van der Waals surface area contributed by atoms with Gasteiger partial charge in [-0.2, -0.15) is 5.10 Å². The van der Waals surface area contributed by atoms with Gasteiger partial charge >= 0.3 is 0 Å². The molecule has 32 heavy (non-hydrogen) atoms. The summed E-state index contributed by atoms with van der Waals surface area (Å²) in [6.07, 6.45) is 6.83. The minimum Gasteiger partial charge on any atom is -0.381 e. The van der Waals surface area contributed by atoms with Crippen LogP contribution in [0.3, 0.4) is 0 Å². The van der Waals surface area contributed by atoms with Crippen molar-refractivity contribution < 1.29 is 18.7 Å². The summed E-state index contributed by atoms with van der Waals surface area (Å²) < 4.78 is 29.0. The number of hydrogen-bond donors (Lipinski definition) is 2. The lowest BCUT2D eigenvalue weighted by Crippen LogP contribution is -2.44. The molecule has 4 rings (SSSR count). The number of carbonyl (C=O) groups is 1. The van der Waals surface area contributed by atoms with Gasteiger partial charge in [0.15, 0.2) is 0 Å². The van der Waals surface area contributed by atoms with Crippen LogP contribution in [0.4, 0.5) is 8.78 Å². The minimum absolute atomic E-state index is 0.181. The third kappa shape index (κ3) is 4.81. The van der Waals surface area contributed by atoms with Gasteiger partial charge in [-0.25, -0.2) is 23.4 Å². The Hall–Kier alpha value is -4.05. The molecule has 0 saturated heterocycles. The molecule has 0 bridgehead atoms. The van der Waals surface area contributed by atoms with Crippen LogP contribution in [-0.2, 0) is 16.9 Å². The molecule has 4 aromatic rings. The molecule has 0 spiro atoms. The van der Waals surface area contributed by atoms with Gasteiger partial charge < -0.3 is 10.4 Å². The lowest BCUT2D eigenvalue weighted by Gasteiger charge is -2.29. The number of benzene rings is 2. The van der Waals surface area contributed by atoms with E-state index in [4.69, 9.17) is 0 Å². The van der Waals surface area contributed by atoms with Crippen LogP contribution in [0, 0.1) is 11.6 Å². The van der Waals surface area contributed by atoms with Crippen molar-refractivity contribution in [2.75, 3.05) is 6.54 Å². The van der Waals surface area contributed by atoms with E-state index < -0.39 is 23.1 Å². The minimum atomic E-state index is -1.91. The molecule has 2 N–H and O–H groups in total. The molecular weight excluding hydrogens is 418 g/mol. The van der Waals surface area contributed by atoms with Crippen LogP contribution in [0.25, 0.3) is 17.1 Å². The second-order valence-corrected chi connectivity index (χ2v) is 7.08. The molecule has 0 saturated carbocycles. The molecule has 10 heteroatoms. The summed E-state index contributed by atoms with van der Waals surface area (Å²) in [6, 6.07) is 10.2. The summed E-state index contributed by atoms with van der Waals surface area (Å²) in [6.45, 7) is -0.572. The van der Waals surface area contributed by atoms with Crippen LogP contribution in [0.5, 0.6) is 0 Å². The number of aliphatic hydroxyl groups is 1. The topological polar surface area (TPSA) is 106 Å². The van der Waals surface area contributed by atoms with Crippen LogP contribution < -0.4 is 5.32 Å². The van der Waals surface area contributed by atoms with Gasteiger partial charge in [-0.1, -0.05) is 18.2 Å². The Morgan fingerprint density at radius 1 is 1.19 bits per heavy atom. The zero-order valence-electron chi connectivity index (χ0n) is 16.7. The van der Waals surface area contributed by atoms with Crippen LogP contribution >= 0.6 is 0 Å². The molecule has 2 aromatic heterocycles. The number of halogens is 2. The van der Waals surface area contributed by atoms with Crippen LogP contribution in [0.1, 0.15) is 11.3 Å². The van der Waals surface area contributed by atoms with Crippen LogP contribution in [0.2, 0.25) is 0 Å². The van der Waals surface area contributed by atoms with Gasteiger partial charge in [-0.05, 0) is 24.3 Å². The van der Waals surface area contributed by atoms with Crippen molar-refractivity contribution in [1.82, 2.24) is 30.0 Å². The third-order valence-electron chi connectivity index (χ3n) is 4.75. The van der Waals surface area contributed by atoms with Crippen molar-refractivity contribution in [2.45, 2.75) is 12.1 Å². The number of aromatic nitrogens is 5. The Balaban J connectivity index is 1.50. The number of nitrogens with zero attached hydrogens (tertiary/aromatic N) is 5. The highest BCUT2D eigenvalue weighted by molar-refractivity contribution is 5.91. The Morgan fingerprint density at radius 2 is 2.00 bits per heavy atom. The molecule has 0 aliphatic heterocycles. The highest BCUT2D eigenvalue weighted by Gasteiger charge is 2.34. The molecule has 8 nitrogen and oxygen atoms in total. The first-order chi connectivity index (χ1) is 15.4. The number of rotatable bonds is 7. The van der Waals surface area contributed by atoms with E-state index in [1.54, 1.807) is 6.07 Å². The zero-order chi connectivity index (χ0) is 22.6. The maximum atomic E-state index is 14.4. The van der Waals surface area contributed by atoms with E-state index in [0.29, 0.717) is 17.3 Å². The Morgan fingerprint density at radius 3 is 2.75 bits per heavy atom. The summed E-state index contributed by atoms with van der Waals surface area (Å²) in [4.78, 5) is 24.8. The summed E-state index contributed by atoms with van der Waals surface area (Å²) in [7, 11) is 0. The fourth-order valence-electron chi connectivity index (χ4n) is 3.19. The molecule has 162 valence electrons. The first-order valence-electron chi connectivity index (χ1n) is 9.61. The van der Waals surface area contributed by atoms with E-state index >= 15 is 0 Å². The van der Waals surface area contributed by atoms with Gasteiger partial charge in [0.05, 0.1) is 36.0 Å². The number of hydrogen-bond acceptors (Lipinski definition) is 6. The molecule has 0 aliphatic rings. The van der Waals surface area contributed by atoms with E-state index in [2.05, 4.69) is 25.4 Å². The predicted molar refractivity (Wildman–Crippen MR) is 112 cm³/mol. The molecule has 1 atom stereocenters. The Kier molecular flexibility index (Phi) is 5.95. The third-order valence-corrected chi connectivity index (χ3v) is 4.75. The van der Waals surface area contributed by atoms with Crippen molar-refractivity contribution in [1.29, 1.82) is 0 Å². The number of nitrogens with one attached hydrogen (secondary N) is 1. The smallest absolute Gasteiger partial charge is 0.244 e. The van der Waals surface area contributed by atoms with E-state index in [1.165, 1.54) is 35.7 Å². The van der Waals surface area contributed by atoms with Crippen LogP contribution in [-0.4, -0.2) is 42.3 Å². The van der Waals surface area contributed by atoms with E-state index in [0.717, 1.165) is 17.6 Å². The average Bonchev–Trinajstić information content (AvgIpc) is 3.28. The van der Waals surface area contributed by atoms with Gasteiger partial charge in [0.1, 0.15) is 29.9 Å². The number of para-hydroxylation sites is 2. The molecule has 0 aliphatic carbocycles. The standard InChI is InChI=1S/C22H18F2N6O2/c23-15-5-7-17(18(24)9-15)22(32,12-30-14-25-13-28-30)11-27-21(31)8-6-16-10-26-19-3-1-2-4-20(19)29-16/h1-10,13-14,32H,11-12H2,(H,27,31). The van der Waals surface area contributed by atoms with Gasteiger partial charge in [0.25, 0.3) is 0 Å². The summed E-state index contributed by atoms with van der Waals surface area (Å²) >= 11 is 0. The van der Waals surface area contributed by atoms with Crippen LogP contribution in [0.15, 0.2) is 67.4 Å². The maximum Gasteiger partial charge on any atom is 0.244 e. The molecule has 0 fully saturated rings. The van der Waals surface area contributed by atoms with Crippen molar-refractivity contribution in [2.24, 2.45) is 0 Å². The second-order valence-electron chi connectivity index (χ2n) is 7.08. The number of amides is 1. The van der Waals surface area contributed by atoms with Crippen molar-refractivity contribution in [3.63, 3.8) is 0 Å². The summed E-state index contributed by atoms with van der Waals surface area (Å²) in [5.74, 6) is -2.26. The van der Waals surface area contributed by atoms with Crippen molar-refractivity contribution >= 4 is 23.0 Å². The number of carbonyl (C=O) groups excluding carboxylic acids is 1. The zero-order valence-corrected chi connectivity index (χ0v) is 16.7. The molecule has 2 heterocycles. The normalized spacial score (nSPS) is 13.3. The summed E-state index contributed by atoms with van der Waals surface area (Å²) in [5, 5.41) is 17.6. The van der Waals surface area contributed by atoms with E-state index in [-0.39, 0.29) is 18.7 Å². The highest BCUT2D eigenvalue weighted by atomic mass is 19.1. The molecular formula is C22H18F2N6O2. The molecule has 1 amide bonds. The van der Waals surface area contributed by atoms with Gasteiger partial charge in [-0.15, -0.1) is 0 Å². The Bertz CT molecular complexity index is 1280. The molecule has 0 radical (unpaired) electrons. The first kappa shape index (κ1) is 21.2. The van der Waals surface area contributed by atoms with Gasteiger partial charge in [0, 0.05) is 17.7 Å². The lowest BCUT2D eigenvalue weighted by molar-refractivity contribution is -0.118. The fraction of sp³-hybridized carbons (Fsp3) is 0.136. The quantitative estimate of drug-likeness (QED) is 0.431. The fourth-order valence-corrected chi connectivity index (χ4v) is 3.19. The highest BCUT2D eigenvalue weighted by Crippen LogP contribution is 2.26.